The number of hydrogen-bond donors (Lipinski definition) is 1. The maximum absolute atomic E-state index is 4.84. The molecule has 0 atom stereocenters. The predicted molar refractivity (Wildman–Crippen MR) is 109 cm³/mol. The van der Waals surface area contributed by atoms with Crippen LogP contribution in [-0.2, 0) is 6.54 Å². The highest BCUT2D eigenvalue weighted by Gasteiger charge is 2.12. The van der Waals surface area contributed by atoms with Crippen molar-refractivity contribution in [2.24, 2.45) is 4.99 Å². The molecule has 0 amide bonds. The van der Waals surface area contributed by atoms with Crippen molar-refractivity contribution in [1.82, 2.24) is 15.0 Å². The molecule has 4 aromatic rings. The van der Waals surface area contributed by atoms with Crippen LogP contribution in [0.5, 0.6) is 0 Å². The summed E-state index contributed by atoms with van der Waals surface area (Å²) < 4.78 is 0. The molecule has 130 valence electrons. The first kappa shape index (κ1) is 15.6. The molecule has 0 saturated heterocycles. The maximum Gasteiger partial charge on any atom is 0.162 e. The molecule has 0 spiro atoms. The van der Waals surface area contributed by atoms with E-state index in [-0.39, 0.29) is 0 Å². The number of rotatable bonds is 3. The fourth-order valence-corrected chi connectivity index (χ4v) is 3.33. The van der Waals surface area contributed by atoms with E-state index in [1.54, 1.807) is 6.20 Å². The normalized spacial score (nSPS) is 12.3. The Kier molecular flexibility index (Phi) is 3.64. The van der Waals surface area contributed by atoms with Gasteiger partial charge in [0.15, 0.2) is 5.82 Å². The van der Waals surface area contributed by atoms with Gasteiger partial charge in [0.05, 0.1) is 12.1 Å². The van der Waals surface area contributed by atoms with Crippen molar-refractivity contribution < 1.29 is 0 Å². The smallest absolute Gasteiger partial charge is 0.162 e. The number of anilines is 2. The number of fused-ring (bicyclic) bond motifs is 2. The molecular weight excluding hydrogens is 334 g/mol. The van der Waals surface area contributed by atoms with E-state index < -0.39 is 0 Å². The van der Waals surface area contributed by atoms with Gasteiger partial charge in [-0.25, -0.2) is 9.97 Å². The zero-order valence-electron chi connectivity index (χ0n) is 14.8. The molecule has 1 aliphatic heterocycles. The summed E-state index contributed by atoms with van der Waals surface area (Å²) in [6, 6.07) is 16.3. The van der Waals surface area contributed by atoms with Gasteiger partial charge in [0.25, 0.3) is 0 Å². The van der Waals surface area contributed by atoms with Gasteiger partial charge >= 0.3 is 0 Å². The summed E-state index contributed by atoms with van der Waals surface area (Å²) >= 11 is 0. The Balaban J connectivity index is 1.64. The molecule has 0 aliphatic carbocycles. The first-order valence-electron chi connectivity index (χ1n) is 8.85. The van der Waals surface area contributed by atoms with E-state index in [1.807, 2.05) is 49.7 Å². The Bertz CT molecular complexity index is 1200. The maximum atomic E-state index is 4.84. The van der Waals surface area contributed by atoms with Crippen LogP contribution >= 0.6 is 0 Å². The van der Waals surface area contributed by atoms with Crippen LogP contribution in [0, 0.1) is 6.92 Å². The van der Waals surface area contributed by atoms with Crippen molar-refractivity contribution in [2.45, 2.75) is 13.5 Å². The summed E-state index contributed by atoms with van der Waals surface area (Å²) in [5.41, 5.74) is 6.34. The monoisotopic (exact) mass is 351 g/mol. The summed E-state index contributed by atoms with van der Waals surface area (Å²) in [4.78, 5) is 18.1. The Labute approximate surface area is 156 Å². The Morgan fingerprint density at radius 1 is 1.00 bits per heavy atom. The van der Waals surface area contributed by atoms with Crippen LogP contribution in [0.2, 0.25) is 0 Å². The molecule has 0 bridgehead atoms. The molecule has 5 rings (SSSR count). The Morgan fingerprint density at radius 2 is 1.93 bits per heavy atom. The third-order valence-electron chi connectivity index (χ3n) is 4.77. The van der Waals surface area contributed by atoms with Crippen LogP contribution < -0.4 is 5.32 Å². The van der Waals surface area contributed by atoms with Crippen molar-refractivity contribution in [2.75, 3.05) is 5.32 Å². The number of aliphatic imine (C=N–C) groups is 1. The highest BCUT2D eigenvalue weighted by atomic mass is 15.0. The summed E-state index contributed by atoms with van der Waals surface area (Å²) in [5, 5.41) is 4.47. The van der Waals surface area contributed by atoms with Gasteiger partial charge in [0, 0.05) is 35.2 Å². The number of pyridine rings is 1. The van der Waals surface area contributed by atoms with Gasteiger partial charge in [-0.1, -0.05) is 18.2 Å². The molecule has 1 N–H and O–H groups in total. The number of para-hydroxylation sites is 1. The third-order valence-corrected chi connectivity index (χ3v) is 4.77. The van der Waals surface area contributed by atoms with Crippen LogP contribution in [0.4, 0.5) is 11.5 Å². The lowest BCUT2D eigenvalue weighted by Crippen LogP contribution is -2.01. The summed E-state index contributed by atoms with van der Waals surface area (Å²) in [5.74, 6) is 1.49. The van der Waals surface area contributed by atoms with Crippen LogP contribution in [0.25, 0.3) is 22.3 Å². The quantitative estimate of drug-likeness (QED) is 0.582. The fraction of sp³-hybridized carbons (Fsp3) is 0.0909. The number of hydrogen-bond acceptors (Lipinski definition) is 5. The lowest BCUT2D eigenvalue weighted by molar-refractivity contribution is 1.11. The molecule has 3 heterocycles. The minimum atomic E-state index is 0.693. The molecule has 5 heteroatoms. The van der Waals surface area contributed by atoms with Crippen LogP contribution in [-0.4, -0.2) is 21.2 Å². The molecule has 1 aliphatic rings. The third kappa shape index (κ3) is 2.83. The second-order valence-corrected chi connectivity index (χ2v) is 6.61. The Hall–Kier alpha value is -3.60. The van der Waals surface area contributed by atoms with E-state index in [1.165, 1.54) is 5.56 Å². The molecule has 2 aromatic carbocycles. The topological polar surface area (TPSA) is 63.1 Å². The molecule has 0 fully saturated rings. The largest absolute Gasteiger partial charge is 0.340 e. The number of nitrogens with zero attached hydrogens (tertiary/aromatic N) is 4. The van der Waals surface area contributed by atoms with E-state index in [0.717, 1.165) is 45.6 Å². The van der Waals surface area contributed by atoms with Crippen LogP contribution in [0.1, 0.15) is 16.7 Å². The van der Waals surface area contributed by atoms with Gasteiger partial charge in [-0.2, -0.15) is 0 Å². The average Bonchev–Trinajstić information content (AvgIpc) is 3.16. The first-order valence-corrected chi connectivity index (χ1v) is 8.85. The number of benzene rings is 2. The van der Waals surface area contributed by atoms with Gasteiger partial charge < -0.3 is 5.32 Å². The van der Waals surface area contributed by atoms with Gasteiger partial charge in [-0.3, -0.25) is 9.98 Å². The van der Waals surface area contributed by atoms with Gasteiger partial charge in [0.1, 0.15) is 5.82 Å². The van der Waals surface area contributed by atoms with E-state index in [4.69, 9.17) is 9.97 Å². The van der Waals surface area contributed by atoms with Crippen LogP contribution in [0.15, 0.2) is 65.9 Å². The van der Waals surface area contributed by atoms with Crippen molar-refractivity contribution in [1.29, 1.82) is 0 Å². The SMILES string of the molecule is Cc1cnccc1-c1nc(Nc2ccc3c(c2)C=NC3)c2ccccc2n1. The van der Waals surface area contributed by atoms with E-state index in [0.29, 0.717) is 5.82 Å². The molecular formula is C22H17N5. The van der Waals surface area contributed by atoms with E-state index in [9.17, 15) is 0 Å². The molecule has 0 unspecified atom stereocenters. The lowest BCUT2D eigenvalue weighted by Gasteiger charge is -2.12. The number of nitrogens with one attached hydrogen (secondary N) is 1. The van der Waals surface area contributed by atoms with E-state index in [2.05, 4.69) is 33.5 Å². The predicted octanol–water partition coefficient (Wildman–Crippen LogP) is 4.68. The molecule has 5 nitrogen and oxygen atoms in total. The first-order chi connectivity index (χ1) is 13.3. The van der Waals surface area contributed by atoms with Gasteiger partial charge in [-0.15, -0.1) is 0 Å². The summed E-state index contributed by atoms with van der Waals surface area (Å²) in [6.07, 6.45) is 5.53. The summed E-state index contributed by atoms with van der Waals surface area (Å²) in [6.45, 7) is 2.78. The number of aromatic nitrogens is 3. The summed E-state index contributed by atoms with van der Waals surface area (Å²) in [7, 11) is 0. The highest BCUT2D eigenvalue weighted by molar-refractivity contribution is 5.93. The second kappa shape index (κ2) is 6.29. The highest BCUT2D eigenvalue weighted by Crippen LogP contribution is 2.29. The zero-order chi connectivity index (χ0) is 18.2. The van der Waals surface area contributed by atoms with E-state index >= 15 is 0 Å². The Morgan fingerprint density at radius 3 is 2.85 bits per heavy atom. The minimum absolute atomic E-state index is 0.693. The van der Waals surface area contributed by atoms with Crippen molar-refractivity contribution in [3.63, 3.8) is 0 Å². The molecule has 0 radical (unpaired) electrons. The second-order valence-electron chi connectivity index (χ2n) is 6.61. The van der Waals surface area contributed by atoms with Crippen molar-refractivity contribution in [3.05, 3.63) is 77.6 Å². The molecule has 0 saturated carbocycles. The lowest BCUT2D eigenvalue weighted by atomic mass is 10.1. The average molecular weight is 351 g/mol. The number of aryl methyl sites for hydroxylation is 1. The standard InChI is InChI=1S/C22H17N5/c1-14-11-23-9-8-18(14)21-26-20-5-3-2-4-19(20)22(27-21)25-17-7-6-15-12-24-13-16(15)10-17/h2-11,13H,12H2,1H3,(H,25,26,27). The minimum Gasteiger partial charge on any atom is -0.340 e. The fourth-order valence-electron chi connectivity index (χ4n) is 3.33. The molecule has 2 aromatic heterocycles. The van der Waals surface area contributed by atoms with Crippen molar-refractivity contribution >= 4 is 28.6 Å². The van der Waals surface area contributed by atoms with Crippen LogP contribution in [0.3, 0.4) is 0 Å². The molecule has 27 heavy (non-hydrogen) atoms. The van der Waals surface area contributed by atoms with Gasteiger partial charge in [0.2, 0.25) is 0 Å². The van der Waals surface area contributed by atoms with Gasteiger partial charge in [-0.05, 0) is 53.9 Å². The van der Waals surface area contributed by atoms with Crippen molar-refractivity contribution in [3.8, 4) is 11.4 Å². The zero-order valence-corrected chi connectivity index (χ0v) is 14.8.